The number of nitriles is 1. The summed E-state index contributed by atoms with van der Waals surface area (Å²) in [6.45, 7) is 13.5. The highest BCUT2D eigenvalue weighted by Gasteiger charge is 2.26. The highest BCUT2D eigenvalue weighted by molar-refractivity contribution is 7.97. The topological polar surface area (TPSA) is 48.7 Å². The molecule has 3 rings (SSSR count). The van der Waals surface area contributed by atoms with Crippen LogP contribution in [-0.4, -0.2) is 17.7 Å². The Kier molecular flexibility index (Phi) is 18.8. The zero-order valence-corrected chi connectivity index (χ0v) is 26.0. The molecule has 0 bridgehead atoms. The first-order valence-electron chi connectivity index (χ1n) is 14.1. The lowest BCUT2D eigenvalue weighted by molar-refractivity contribution is -0.120. The molecule has 7 heteroatoms. The maximum Gasteiger partial charge on any atom is 0.402 e. The van der Waals surface area contributed by atoms with Crippen molar-refractivity contribution < 1.29 is 13.2 Å². The first-order valence-corrected chi connectivity index (χ1v) is 14.9. The Morgan fingerprint density at radius 1 is 1.15 bits per heavy atom. The second-order valence-electron chi connectivity index (χ2n) is 9.46. The quantitative estimate of drug-likeness (QED) is 0.194. The van der Waals surface area contributed by atoms with E-state index in [0.717, 1.165) is 52.5 Å². The van der Waals surface area contributed by atoms with Gasteiger partial charge < -0.3 is 0 Å². The smallest absolute Gasteiger partial charge is 0.255 e. The predicted octanol–water partition coefficient (Wildman–Crippen LogP) is 10.1. The molecule has 40 heavy (non-hydrogen) atoms. The highest BCUT2D eigenvalue weighted by atomic mass is 32.2. The Morgan fingerprint density at radius 3 is 2.25 bits per heavy atom. The minimum Gasteiger partial charge on any atom is -0.255 e. The summed E-state index contributed by atoms with van der Waals surface area (Å²) in [6, 6.07) is 11.7. The lowest BCUT2D eigenvalue weighted by atomic mass is 9.91. The molecule has 1 heterocycles. The molecule has 3 nitrogen and oxygen atoms in total. The molecule has 1 fully saturated rings. The van der Waals surface area contributed by atoms with E-state index in [1.807, 2.05) is 45.9 Å². The van der Waals surface area contributed by atoms with Gasteiger partial charge in [0.15, 0.2) is 0 Å². The SMILES string of the molecule is C#C.CC.CCC(C)C1CCCC1.CCc1ccc(C)c(/C(C#N)=C(\C)c2ccc(SNCC(F)(F)F)cn2)c1. The number of hydrogen-bond donors (Lipinski definition) is 1. The average molecular weight is 574 g/mol. The largest absolute Gasteiger partial charge is 0.402 e. The van der Waals surface area contributed by atoms with E-state index in [0.29, 0.717) is 16.2 Å². The standard InChI is InChI=1S/C20H20F3N3S.C9H18.C2H6.C2H2/c1-4-15-6-5-13(2)17(9-15)18(10-24)14(3)19-8-7-16(11-25-19)27-26-12-20(21,22)23;1-3-8(2)9-6-4-5-7-9;2*1-2/h5-9,11,26H,4,12H2,1-3H3;8-9H,3-7H2,1-2H3;1-2H3;1-2H/b18-14+;;;. The molecular weight excluding hydrogens is 527 g/mol. The number of rotatable bonds is 8. The van der Waals surface area contributed by atoms with Crippen LogP contribution in [0, 0.1) is 42.9 Å². The third-order valence-corrected chi connectivity index (χ3v) is 7.66. The summed E-state index contributed by atoms with van der Waals surface area (Å²) >= 11 is 0.872. The molecule has 0 saturated heterocycles. The van der Waals surface area contributed by atoms with Crippen molar-refractivity contribution >= 4 is 23.1 Å². The normalized spacial score (nSPS) is 14.2. The van der Waals surface area contributed by atoms with Gasteiger partial charge in [0, 0.05) is 11.1 Å². The third kappa shape index (κ3) is 13.1. The Labute approximate surface area is 245 Å². The summed E-state index contributed by atoms with van der Waals surface area (Å²) in [7, 11) is 0. The molecule has 0 amide bonds. The summed E-state index contributed by atoms with van der Waals surface area (Å²) in [5.41, 5.74) is 4.92. The maximum atomic E-state index is 12.2. The van der Waals surface area contributed by atoms with E-state index in [1.165, 1.54) is 38.3 Å². The van der Waals surface area contributed by atoms with E-state index in [9.17, 15) is 18.4 Å². The van der Waals surface area contributed by atoms with Crippen LogP contribution >= 0.6 is 11.9 Å². The van der Waals surface area contributed by atoms with Crippen LogP contribution in [0.1, 0.15) is 96.0 Å². The molecule has 1 aromatic heterocycles. The van der Waals surface area contributed by atoms with Crippen LogP contribution < -0.4 is 4.72 Å². The maximum absolute atomic E-state index is 12.2. The van der Waals surface area contributed by atoms with E-state index in [4.69, 9.17) is 0 Å². The van der Waals surface area contributed by atoms with Crippen LogP contribution in [0.4, 0.5) is 13.2 Å². The van der Waals surface area contributed by atoms with Gasteiger partial charge in [-0.1, -0.05) is 84.9 Å². The number of benzene rings is 1. The molecule has 0 radical (unpaired) electrons. The Hall–Kier alpha value is -2.74. The molecule has 1 unspecified atom stereocenters. The van der Waals surface area contributed by atoms with E-state index >= 15 is 0 Å². The molecule has 2 aromatic rings. The molecule has 1 N–H and O–H groups in total. The fourth-order valence-corrected chi connectivity index (χ4v) is 5.00. The van der Waals surface area contributed by atoms with Gasteiger partial charge in [0.25, 0.3) is 0 Å². The number of alkyl halides is 3. The third-order valence-electron chi connectivity index (χ3n) is 6.90. The van der Waals surface area contributed by atoms with Crippen molar-refractivity contribution in [2.75, 3.05) is 6.54 Å². The van der Waals surface area contributed by atoms with Crippen LogP contribution in [0.2, 0.25) is 0 Å². The van der Waals surface area contributed by atoms with Crippen LogP contribution in [0.5, 0.6) is 0 Å². The van der Waals surface area contributed by atoms with Gasteiger partial charge in [-0.15, -0.1) is 12.8 Å². The minimum absolute atomic E-state index is 0.547. The van der Waals surface area contributed by atoms with E-state index in [1.54, 1.807) is 12.1 Å². The van der Waals surface area contributed by atoms with Crippen LogP contribution in [0.15, 0.2) is 41.4 Å². The summed E-state index contributed by atoms with van der Waals surface area (Å²) in [5, 5.41) is 9.69. The van der Waals surface area contributed by atoms with Crippen LogP contribution in [0.25, 0.3) is 11.1 Å². The van der Waals surface area contributed by atoms with Gasteiger partial charge in [0.2, 0.25) is 0 Å². The van der Waals surface area contributed by atoms with Gasteiger partial charge in [0.1, 0.15) is 12.6 Å². The summed E-state index contributed by atoms with van der Waals surface area (Å²) in [4.78, 5) is 4.88. The Bertz CT molecular complexity index is 1080. The summed E-state index contributed by atoms with van der Waals surface area (Å²) in [6.07, 6.45) is 13.5. The van der Waals surface area contributed by atoms with Gasteiger partial charge in [-0.2, -0.15) is 18.4 Å². The molecule has 1 aromatic carbocycles. The van der Waals surface area contributed by atoms with Gasteiger partial charge in [-0.05, 0) is 78.4 Å². The zero-order valence-electron chi connectivity index (χ0n) is 25.2. The molecule has 1 aliphatic rings. The van der Waals surface area contributed by atoms with Crippen molar-refractivity contribution in [2.24, 2.45) is 11.8 Å². The number of nitrogens with zero attached hydrogens (tertiary/aromatic N) is 2. The highest BCUT2D eigenvalue weighted by Crippen LogP contribution is 2.32. The van der Waals surface area contributed by atoms with E-state index in [2.05, 4.69) is 49.4 Å². The lowest BCUT2D eigenvalue weighted by Gasteiger charge is -2.15. The fraction of sp³-hybridized carbons (Fsp3) is 0.515. The van der Waals surface area contributed by atoms with E-state index < -0.39 is 12.7 Å². The van der Waals surface area contributed by atoms with Crippen molar-refractivity contribution in [1.29, 1.82) is 5.26 Å². The molecule has 1 saturated carbocycles. The van der Waals surface area contributed by atoms with Crippen molar-refractivity contribution in [3.05, 3.63) is 58.9 Å². The number of hydrogen-bond acceptors (Lipinski definition) is 4. The summed E-state index contributed by atoms with van der Waals surface area (Å²) in [5.74, 6) is 2.07. The first kappa shape index (κ1) is 37.3. The minimum atomic E-state index is -4.26. The monoisotopic (exact) mass is 573 g/mol. The van der Waals surface area contributed by atoms with E-state index in [-0.39, 0.29) is 0 Å². The van der Waals surface area contributed by atoms with Gasteiger partial charge >= 0.3 is 6.18 Å². The number of allylic oxidation sites excluding steroid dienone is 2. The van der Waals surface area contributed by atoms with Gasteiger partial charge in [-0.25, -0.2) is 0 Å². The molecule has 0 aliphatic heterocycles. The molecule has 0 spiro atoms. The second kappa shape index (κ2) is 20.2. The average Bonchev–Trinajstić information content (AvgIpc) is 3.51. The van der Waals surface area contributed by atoms with Crippen LogP contribution in [0.3, 0.4) is 0 Å². The predicted molar refractivity (Wildman–Crippen MR) is 165 cm³/mol. The molecular formula is C33H46F3N3S. The number of halogens is 3. The number of nitrogens with one attached hydrogen (secondary N) is 1. The van der Waals surface area contributed by atoms with Crippen molar-refractivity contribution in [3.63, 3.8) is 0 Å². The summed E-state index contributed by atoms with van der Waals surface area (Å²) < 4.78 is 38.8. The van der Waals surface area contributed by atoms with Crippen molar-refractivity contribution in [1.82, 2.24) is 9.71 Å². The molecule has 1 aliphatic carbocycles. The van der Waals surface area contributed by atoms with Crippen LogP contribution in [-0.2, 0) is 6.42 Å². The number of pyridine rings is 1. The Balaban J connectivity index is 0.000000974. The van der Waals surface area contributed by atoms with Crippen molar-refractivity contribution in [3.8, 4) is 18.9 Å². The zero-order chi connectivity index (χ0) is 30.7. The fourth-order valence-electron chi connectivity index (χ4n) is 4.36. The number of aryl methyl sites for hydroxylation is 2. The number of terminal acetylenes is 1. The number of aromatic nitrogens is 1. The van der Waals surface area contributed by atoms with Gasteiger partial charge in [-0.3, -0.25) is 9.71 Å². The Morgan fingerprint density at radius 2 is 1.77 bits per heavy atom. The first-order chi connectivity index (χ1) is 19.1. The molecule has 1 atom stereocenters. The van der Waals surface area contributed by atoms with Crippen molar-refractivity contribution in [2.45, 2.75) is 98.1 Å². The van der Waals surface area contributed by atoms with Gasteiger partial charge in [0.05, 0.1) is 11.3 Å². The molecule has 220 valence electrons. The lowest BCUT2D eigenvalue weighted by Crippen LogP contribution is -2.23. The second-order valence-corrected chi connectivity index (χ2v) is 10.4.